The van der Waals surface area contributed by atoms with Gasteiger partial charge in [0, 0.05) is 29.2 Å². The molecular weight excluding hydrogens is 264 g/mol. The molecule has 0 fully saturated rings. The zero-order valence-electron chi connectivity index (χ0n) is 9.38. The van der Waals surface area contributed by atoms with Crippen LogP contribution in [0.2, 0.25) is 5.02 Å². The van der Waals surface area contributed by atoms with E-state index in [1.807, 2.05) is 48.8 Å². The maximum Gasteiger partial charge on any atom is 0.125 e. The number of halogens is 1. The molecule has 0 unspecified atom stereocenters. The Morgan fingerprint density at radius 1 is 1.00 bits per heavy atom. The number of hydrogen-bond donors (Lipinski definition) is 0. The largest absolute Gasteiger partial charge is 0.264 e. The van der Waals surface area contributed by atoms with Crippen molar-refractivity contribution in [1.82, 2.24) is 9.97 Å². The van der Waals surface area contributed by atoms with Crippen molar-refractivity contribution in [2.45, 2.75) is 0 Å². The van der Waals surface area contributed by atoms with Gasteiger partial charge in [-0.3, -0.25) is 4.98 Å². The first-order valence-corrected chi connectivity index (χ1v) is 6.64. The monoisotopic (exact) mass is 272 g/mol. The van der Waals surface area contributed by atoms with Gasteiger partial charge >= 0.3 is 0 Å². The van der Waals surface area contributed by atoms with Gasteiger partial charge in [0.05, 0.1) is 4.88 Å². The first kappa shape index (κ1) is 11.4. The third-order valence-corrected chi connectivity index (χ3v) is 3.85. The number of benzene rings is 1. The molecule has 0 aliphatic rings. The van der Waals surface area contributed by atoms with Gasteiger partial charge < -0.3 is 0 Å². The van der Waals surface area contributed by atoms with Crippen molar-refractivity contribution in [2.24, 2.45) is 0 Å². The summed E-state index contributed by atoms with van der Waals surface area (Å²) in [5.41, 5.74) is 2.13. The second-order valence-electron chi connectivity index (χ2n) is 3.78. The van der Waals surface area contributed by atoms with E-state index in [-0.39, 0.29) is 0 Å². The van der Waals surface area contributed by atoms with Crippen molar-refractivity contribution >= 4 is 22.9 Å². The lowest BCUT2D eigenvalue weighted by molar-refractivity contribution is 1.31. The molecule has 0 saturated heterocycles. The van der Waals surface area contributed by atoms with E-state index in [0.29, 0.717) is 0 Å². The fourth-order valence-electron chi connectivity index (χ4n) is 1.67. The van der Waals surface area contributed by atoms with E-state index in [1.54, 1.807) is 17.5 Å². The number of pyridine rings is 1. The Kier molecular flexibility index (Phi) is 3.09. The van der Waals surface area contributed by atoms with Gasteiger partial charge in [0.25, 0.3) is 0 Å². The van der Waals surface area contributed by atoms with Crippen LogP contribution in [0.5, 0.6) is 0 Å². The lowest BCUT2D eigenvalue weighted by atomic mass is 10.2. The first-order valence-electron chi connectivity index (χ1n) is 5.45. The predicted octanol–water partition coefficient (Wildman–Crippen LogP) is 4.53. The summed E-state index contributed by atoms with van der Waals surface area (Å²) in [6.45, 7) is 0. The predicted molar refractivity (Wildman–Crippen MR) is 75.8 cm³/mol. The molecule has 0 radical (unpaired) electrons. The van der Waals surface area contributed by atoms with Gasteiger partial charge in [0.15, 0.2) is 0 Å². The molecule has 0 saturated carbocycles. The molecule has 1 aromatic carbocycles. The first-order chi connectivity index (χ1) is 8.83. The summed E-state index contributed by atoms with van der Waals surface area (Å²) in [5.74, 6) is 0. The Bertz CT molecular complexity index is 664. The Hall–Kier alpha value is -1.71. The van der Waals surface area contributed by atoms with Crippen LogP contribution in [0.25, 0.3) is 21.0 Å². The molecule has 4 heteroatoms. The smallest absolute Gasteiger partial charge is 0.125 e. The van der Waals surface area contributed by atoms with Crippen molar-refractivity contribution < 1.29 is 0 Å². The van der Waals surface area contributed by atoms with Crippen LogP contribution in [-0.4, -0.2) is 9.97 Å². The molecular formula is C14H9ClN2S. The van der Waals surface area contributed by atoms with Gasteiger partial charge in [-0.15, -0.1) is 11.3 Å². The molecule has 0 N–H and O–H groups in total. The minimum absolute atomic E-state index is 0.740. The molecule has 0 aliphatic heterocycles. The van der Waals surface area contributed by atoms with Crippen LogP contribution in [0.15, 0.2) is 55.0 Å². The van der Waals surface area contributed by atoms with E-state index >= 15 is 0 Å². The average Bonchev–Trinajstić information content (AvgIpc) is 2.89. The van der Waals surface area contributed by atoms with Crippen LogP contribution in [0.1, 0.15) is 0 Å². The summed E-state index contributed by atoms with van der Waals surface area (Å²) in [6.07, 6.45) is 5.45. The van der Waals surface area contributed by atoms with Gasteiger partial charge in [-0.05, 0) is 29.8 Å². The van der Waals surface area contributed by atoms with Crippen LogP contribution in [0.3, 0.4) is 0 Å². The molecule has 2 aromatic heterocycles. The van der Waals surface area contributed by atoms with Crippen molar-refractivity contribution in [2.75, 3.05) is 0 Å². The van der Waals surface area contributed by atoms with E-state index in [1.165, 1.54) is 0 Å². The third-order valence-electron chi connectivity index (χ3n) is 2.52. The summed E-state index contributed by atoms with van der Waals surface area (Å²) in [4.78, 5) is 9.64. The minimum atomic E-state index is 0.740. The van der Waals surface area contributed by atoms with Crippen LogP contribution in [-0.2, 0) is 0 Å². The normalized spacial score (nSPS) is 10.5. The van der Waals surface area contributed by atoms with Gasteiger partial charge in [-0.1, -0.05) is 23.7 Å². The van der Waals surface area contributed by atoms with Gasteiger partial charge in [0.1, 0.15) is 5.01 Å². The fraction of sp³-hybridized carbons (Fsp3) is 0. The minimum Gasteiger partial charge on any atom is -0.264 e. The van der Waals surface area contributed by atoms with E-state index in [4.69, 9.17) is 11.6 Å². The van der Waals surface area contributed by atoms with Gasteiger partial charge in [-0.2, -0.15) is 0 Å². The van der Waals surface area contributed by atoms with Crippen molar-refractivity contribution in [3.63, 3.8) is 0 Å². The highest BCUT2D eigenvalue weighted by Crippen LogP contribution is 2.32. The highest BCUT2D eigenvalue weighted by molar-refractivity contribution is 7.18. The molecule has 88 valence electrons. The van der Waals surface area contributed by atoms with Crippen LogP contribution in [0.4, 0.5) is 0 Å². The van der Waals surface area contributed by atoms with Crippen LogP contribution >= 0.6 is 22.9 Å². The third kappa shape index (κ3) is 2.28. The molecule has 0 atom stereocenters. The topological polar surface area (TPSA) is 25.8 Å². The fourth-order valence-corrected chi connectivity index (χ4v) is 2.76. The zero-order valence-corrected chi connectivity index (χ0v) is 10.9. The van der Waals surface area contributed by atoms with Crippen molar-refractivity contribution in [3.05, 3.63) is 60.0 Å². The number of thiazole rings is 1. The maximum atomic E-state index is 5.99. The molecule has 2 heterocycles. The Morgan fingerprint density at radius 3 is 2.67 bits per heavy atom. The number of rotatable bonds is 2. The Labute approximate surface area is 114 Å². The summed E-state index contributed by atoms with van der Waals surface area (Å²) < 4.78 is 0. The number of aromatic nitrogens is 2. The Morgan fingerprint density at radius 2 is 1.89 bits per heavy atom. The lowest BCUT2D eigenvalue weighted by Gasteiger charge is -1.96. The second kappa shape index (κ2) is 4.88. The number of nitrogens with zero attached hydrogens (tertiary/aromatic N) is 2. The Balaban J connectivity index is 2.00. The van der Waals surface area contributed by atoms with E-state index in [2.05, 4.69) is 9.97 Å². The van der Waals surface area contributed by atoms with E-state index < -0.39 is 0 Å². The molecule has 0 aliphatic carbocycles. The highest BCUT2D eigenvalue weighted by atomic mass is 35.5. The summed E-state index contributed by atoms with van der Waals surface area (Å²) >= 11 is 7.63. The molecule has 0 bridgehead atoms. The second-order valence-corrected chi connectivity index (χ2v) is 5.25. The number of hydrogen-bond acceptors (Lipinski definition) is 3. The molecule has 0 spiro atoms. The average molecular weight is 273 g/mol. The molecule has 3 aromatic rings. The van der Waals surface area contributed by atoms with Gasteiger partial charge in [-0.25, -0.2) is 4.98 Å². The lowest BCUT2D eigenvalue weighted by Crippen LogP contribution is -1.75. The standard InChI is InChI=1S/C14H9ClN2S/c15-12-5-1-3-10(7-12)13-9-17-14(18-13)11-4-2-6-16-8-11/h1-9H. The van der Waals surface area contributed by atoms with Crippen molar-refractivity contribution in [3.8, 4) is 21.0 Å². The van der Waals surface area contributed by atoms with Crippen LogP contribution < -0.4 is 0 Å². The molecule has 2 nitrogen and oxygen atoms in total. The van der Waals surface area contributed by atoms with E-state index in [0.717, 1.165) is 26.0 Å². The molecule has 0 amide bonds. The zero-order chi connectivity index (χ0) is 12.4. The summed E-state index contributed by atoms with van der Waals surface area (Å²) in [6, 6.07) is 11.7. The molecule has 3 rings (SSSR count). The maximum absolute atomic E-state index is 5.99. The van der Waals surface area contributed by atoms with E-state index in [9.17, 15) is 0 Å². The van der Waals surface area contributed by atoms with Crippen LogP contribution in [0, 0.1) is 0 Å². The quantitative estimate of drug-likeness (QED) is 0.685. The van der Waals surface area contributed by atoms with Gasteiger partial charge in [0.2, 0.25) is 0 Å². The van der Waals surface area contributed by atoms with Crippen molar-refractivity contribution in [1.29, 1.82) is 0 Å². The summed E-state index contributed by atoms with van der Waals surface area (Å²) in [7, 11) is 0. The SMILES string of the molecule is Clc1cccc(-c2cnc(-c3cccnc3)s2)c1. The molecule has 18 heavy (non-hydrogen) atoms. The highest BCUT2D eigenvalue weighted by Gasteiger charge is 2.06. The summed E-state index contributed by atoms with van der Waals surface area (Å²) in [5, 5.41) is 1.71.